The third-order valence-corrected chi connectivity index (χ3v) is 6.64. The van der Waals surface area contributed by atoms with Crippen molar-refractivity contribution in [3.63, 3.8) is 0 Å². The van der Waals surface area contributed by atoms with E-state index in [0.717, 1.165) is 27.8 Å². The minimum absolute atomic E-state index is 0.116. The van der Waals surface area contributed by atoms with Crippen molar-refractivity contribution in [3.05, 3.63) is 71.8 Å². The highest BCUT2D eigenvalue weighted by molar-refractivity contribution is 5.92. The molecule has 0 atom stereocenters. The fourth-order valence-electron chi connectivity index (χ4n) is 4.68. The first-order valence-corrected chi connectivity index (χ1v) is 12.2. The van der Waals surface area contributed by atoms with Gasteiger partial charge in [0, 0.05) is 37.1 Å². The van der Waals surface area contributed by atoms with Gasteiger partial charge >= 0.3 is 6.09 Å². The molecule has 1 aromatic heterocycles. The number of rotatable bonds is 4. The Morgan fingerprint density at radius 3 is 2.68 bits per heavy atom. The van der Waals surface area contributed by atoms with Gasteiger partial charge in [0.1, 0.15) is 18.2 Å². The molecule has 2 aliphatic rings. The monoisotopic (exact) mass is 498 g/mol. The van der Waals surface area contributed by atoms with Gasteiger partial charge in [0.25, 0.3) is 0 Å². The van der Waals surface area contributed by atoms with E-state index in [1.165, 1.54) is 0 Å². The van der Waals surface area contributed by atoms with Gasteiger partial charge < -0.3 is 29.1 Å². The van der Waals surface area contributed by atoms with Crippen LogP contribution >= 0.6 is 0 Å². The molecule has 0 aliphatic carbocycles. The van der Waals surface area contributed by atoms with E-state index in [2.05, 4.69) is 4.90 Å². The number of phenols is 1. The maximum atomic E-state index is 12.8. The number of para-hydroxylation sites is 2. The number of anilines is 1. The van der Waals surface area contributed by atoms with Crippen LogP contribution in [0.5, 0.6) is 17.2 Å². The van der Waals surface area contributed by atoms with E-state index >= 15 is 0 Å². The van der Waals surface area contributed by atoms with Gasteiger partial charge in [-0.15, -0.1) is 0 Å². The van der Waals surface area contributed by atoms with Crippen LogP contribution in [0, 0.1) is 6.92 Å². The first kappa shape index (κ1) is 22.9. The molecule has 1 saturated heterocycles. The number of benzene rings is 3. The van der Waals surface area contributed by atoms with Crippen LogP contribution in [0.3, 0.4) is 0 Å². The highest BCUT2D eigenvalue weighted by atomic mass is 16.7. The van der Waals surface area contributed by atoms with Crippen molar-refractivity contribution in [3.8, 4) is 28.6 Å². The lowest BCUT2D eigenvalue weighted by Gasteiger charge is -2.35. The number of phenolic OH excluding ortho intramolecular Hbond substituents is 1. The lowest BCUT2D eigenvalue weighted by molar-refractivity contribution is 0.0931. The molecule has 6 rings (SSSR count). The third kappa shape index (κ3) is 4.44. The Labute approximate surface area is 213 Å². The second-order valence-corrected chi connectivity index (χ2v) is 9.09. The molecule has 1 N–H and O–H groups in total. The molecule has 9 nitrogen and oxygen atoms in total. The maximum absolute atomic E-state index is 12.8. The first-order chi connectivity index (χ1) is 18.1. The van der Waals surface area contributed by atoms with Crippen molar-refractivity contribution in [1.82, 2.24) is 14.9 Å². The van der Waals surface area contributed by atoms with E-state index in [-0.39, 0.29) is 25.2 Å². The molecular weight excluding hydrogens is 472 g/mol. The normalized spacial score (nSPS) is 14.7. The maximum Gasteiger partial charge on any atom is 0.410 e. The standard InChI is InChI=1S/C28H26N4O5/c1-18-9-10-20-22(15-18)29-26(21-6-2-3-7-23(21)33)30-27(20)31-11-13-32(14-12-31)28(34)35-16-19-5-4-8-24-25(19)37-17-36-24/h2-10,15,33H,11-14,16-17H2,1H3. The number of aromatic nitrogens is 2. The number of fused-ring (bicyclic) bond motifs is 2. The van der Waals surface area contributed by atoms with Crippen LogP contribution < -0.4 is 14.4 Å². The van der Waals surface area contributed by atoms with Crippen LogP contribution in [-0.2, 0) is 11.3 Å². The molecule has 1 fully saturated rings. The molecular formula is C28H26N4O5. The second-order valence-electron chi connectivity index (χ2n) is 9.09. The van der Waals surface area contributed by atoms with Crippen molar-refractivity contribution in [2.75, 3.05) is 37.9 Å². The van der Waals surface area contributed by atoms with Crippen LogP contribution in [0.1, 0.15) is 11.1 Å². The minimum atomic E-state index is -0.366. The van der Waals surface area contributed by atoms with Crippen molar-refractivity contribution >= 4 is 22.8 Å². The van der Waals surface area contributed by atoms with Gasteiger partial charge in [0.15, 0.2) is 17.3 Å². The van der Waals surface area contributed by atoms with Crippen molar-refractivity contribution in [2.45, 2.75) is 13.5 Å². The number of aryl methyl sites for hydroxylation is 1. The molecule has 4 aromatic rings. The van der Waals surface area contributed by atoms with Crippen molar-refractivity contribution < 1.29 is 24.1 Å². The number of piperazine rings is 1. The highest BCUT2D eigenvalue weighted by Gasteiger charge is 2.26. The Hall–Kier alpha value is -4.53. The summed E-state index contributed by atoms with van der Waals surface area (Å²) in [6.45, 7) is 4.48. The molecule has 0 spiro atoms. The molecule has 188 valence electrons. The summed E-state index contributed by atoms with van der Waals surface area (Å²) in [5, 5.41) is 11.3. The Morgan fingerprint density at radius 2 is 1.84 bits per heavy atom. The van der Waals surface area contributed by atoms with E-state index in [9.17, 15) is 9.90 Å². The van der Waals surface area contributed by atoms with Gasteiger partial charge in [0.05, 0.1) is 11.1 Å². The zero-order chi connectivity index (χ0) is 25.4. The largest absolute Gasteiger partial charge is 0.507 e. The van der Waals surface area contributed by atoms with Gasteiger partial charge in [-0.25, -0.2) is 14.8 Å². The van der Waals surface area contributed by atoms with Gasteiger partial charge in [0.2, 0.25) is 6.79 Å². The molecule has 2 aliphatic heterocycles. The fraction of sp³-hybridized carbons (Fsp3) is 0.250. The van der Waals surface area contributed by atoms with Gasteiger partial charge in [-0.1, -0.05) is 30.3 Å². The molecule has 1 amide bonds. The van der Waals surface area contributed by atoms with Crippen LogP contribution in [-0.4, -0.2) is 59.0 Å². The average molecular weight is 499 g/mol. The SMILES string of the molecule is Cc1ccc2c(N3CCN(C(=O)OCc4cccc5c4OCO5)CC3)nc(-c3ccccc3O)nc2c1. The van der Waals surface area contributed by atoms with E-state index in [0.29, 0.717) is 49.1 Å². The van der Waals surface area contributed by atoms with Crippen molar-refractivity contribution in [1.29, 1.82) is 0 Å². The molecule has 37 heavy (non-hydrogen) atoms. The summed E-state index contributed by atoms with van der Waals surface area (Å²) in [6, 6.07) is 18.7. The number of aromatic hydroxyl groups is 1. The zero-order valence-electron chi connectivity index (χ0n) is 20.4. The second kappa shape index (κ2) is 9.50. The lowest BCUT2D eigenvalue weighted by Crippen LogP contribution is -2.49. The van der Waals surface area contributed by atoms with Crippen LogP contribution in [0.25, 0.3) is 22.3 Å². The van der Waals surface area contributed by atoms with Gasteiger partial charge in [-0.3, -0.25) is 0 Å². The Balaban J connectivity index is 1.19. The number of hydrogen-bond acceptors (Lipinski definition) is 8. The van der Waals surface area contributed by atoms with E-state index in [1.54, 1.807) is 17.0 Å². The molecule has 0 radical (unpaired) electrons. The minimum Gasteiger partial charge on any atom is -0.507 e. The Bertz CT molecular complexity index is 1480. The van der Waals surface area contributed by atoms with Gasteiger partial charge in [-0.2, -0.15) is 0 Å². The highest BCUT2D eigenvalue weighted by Crippen LogP contribution is 2.36. The predicted octanol–water partition coefficient (Wildman–Crippen LogP) is 4.50. The molecule has 9 heteroatoms. The number of carbonyl (C=O) groups is 1. The average Bonchev–Trinajstić information content (AvgIpc) is 3.41. The van der Waals surface area contributed by atoms with Crippen LogP contribution in [0.2, 0.25) is 0 Å². The summed E-state index contributed by atoms with van der Waals surface area (Å²) < 4.78 is 16.5. The number of nitrogens with zero attached hydrogens (tertiary/aromatic N) is 4. The molecule has 0 unspecified atom stereocenters. The number of amides is 1. The molecule has 0 bridgehead atoms. The van der Waals surface area contributed by atoms with Crippen LogP contribution in [0.4, 0.5) is 10.6 Å². The van der Waals surface area contributed by atoms with E-state index in [4.69, 9.17) is 24.2 Å². The summed E-state index contributed by atoms with van der Waals surface area (Å²) in [4.78, 5) is 26.3. The number of carbonyl (C=O) groups excluding carboxylic acids is 1. The lowest BCUT2D eigenvalue weighted by atomic mass is 10.1. The number of ether oxygens (including phenoxy) is 3. The molecule has 3 heterocycles. The smallest absolute Gasteiger partial charge is 0.410 e. The summed E-state index contributed by atoms with van der Waals surface area (Å²) in [5.74, 6) is 2.68. The molecule has 0 saturated carbocycles. The zero-order valence-corrected chi connectivity index (χ0v) is 20.4. The van der Waals surface area contributed by atoms with E-state index in [1.807, 2.05) is 55.5 Å². The Morgan fingerprint density at radius 1 is 1.00 bits per heavy atom. The van der Waals surface area contributed by atoms with Gasteiger partial charge in [-0.05, 0) is 42.8 Å². The van der Waals surface area contributed by atoms with Crippen molar-refractivity contribution in [2.24, 2.45) is 0 Å². The first-order valence-electron chi connectivity index (χ1n) is 12.2. The third-order valence-electron chi connectivity index (χ3n) is 6.64. The summed E-state index contributed by atoms with van der Waals surface area (Å²) in [7, 11) is 0. The fourth-order valence-corrected chi connectivity index (χ4v) is 4.68. The quantitative estimate of drug-likeness (QED) is 0.439. The summed E-state index contributed by atoms with van der Waals surface area (Å²) >= 11 is 0. The molecule has 3 aromatic carbocycles. The van der Waals surface area contributed by atoms with E-state index < -0.39 is 0 Å². The Kier molecular flexibility index (Phi) is 5.88. The summed E-state index contributed by atoms with van der Waals surface area (Å²) in [6.07, 6.45) is -0.366. The number of hydrogen-bond donors (Lipinski definition) is 1. The predicted molar refractivity (Wildman–Crippen MR) is 138 cm³/mol. The van der Waals surface area contributed by atoms with Crippen LogP contribution in [0.15, 0.2) is 60.7 Å². The summed E-state index contributed by atoms with van der Waals surface area (Å²) in [5.41, 5.74) is 3.26. The topological polar surface area (TPSA) is 97.3 Å².